The lowest BCUT2D eigenvalue weighted by atomic mass is 10.1. The topological polar surface area (TPSA) is 126 Å². The van der Waals surface area contributed by atoms with E-state index < -0.39 is 10.0 Å². The van der Waals surface area contributed by atoms with E-state index in [2.05, 4.69) is 15.8 Å². The number of hydrogen-bond acceptors (Lipinski definition) is 6. The molecule has 1 heterocycles. The predicted octanol–water partition coefficient (Wildman–Crippen LogP) is 1.01. The number of benzene rings is 2. The van der Waals surface area contributed by atoms with Crippen molar-refractivity contribution in [3.8, 4) is 5.75 Å². The van der Waals surface area contributed by atoms with Crippen molar-refractivity contribution < 1.29 is 17.9 Å². The standard InChI is InChI=1S/C17H17N5O4S2/c1-22-14-8-5-11(26-2)9-13(14)15(16(22)23)20-21-17(27)19-10-3-6-12(7-4-10)28(18,24)25/h3-9H,1-2H3,(H2,18,24,25)(H2,19,21,27). The van der Waals surface area contributed by atoms with Gasteiger partial charge in [-0.1, -0.05) is 0 Å². The summed E-state index contributed by atoms with van der Waals surface area (Å²) in [4.78, 5) is 13.9. The molecule has 9 nitrogen and oxygen atoms in total. The van der Waals surface area contributed by atoms with Crippen molar-refractivity contribution in [1.82, 2.24) is 5.43 Å². The molecule has 1 amide bonds. The van der Waals surface area contributed by atoms with Gasteiger partial charge in [0.15, 0.2) is 10.8 Å². The molecule has 0 unspecified atom stereocenters. The summed E-state index contributed by atoms with van der Waals surface area (Å²) in [7, 11) is -0.574. The minimum atomic E-state index is -3.77. The molecule has 0 saturated heterocycles. The van der Waals surface area contributed by atoms with E-state index in [1.807, 2.05) is 0 Å². The van der Waals surface area contributed by atoms with Crippen LogP contribution < -0.4 is 25.5 Å². The van der Waals surface area contributed by atoms with Gasteiger partial charge in [0.05, 0.1) is 17.7 Å². The second-order valence-electron chi connectivity index (χ2n) is 5.84. The number of carbonyl (C=O) groups excluding carboxylic acids is 1. The maximum Gasteiger partial charge on any atom is 0.279 e. The second-order valence-corrected chi connectivity index (χ2v) is 7.81. The summed E-state index contributed by atoms with van der Waals surface area (Å²) in [5.41, 5.74) is 4.69. The van der Waals surface area contributed by atoms with E-state index in [0.717, 1.165) is 0 Å². The monoisotopic (exact) mass is 419 g/mol. The zero-order valence-electron chi connectivity index (χ0n) is 15.0. The first kappa shape index (κ1) is 19.7. The molecule has 2 aromatic carbocycles. The lowest BCUT2D eigenvalue weighted by Gasteiger charge is -2.09. The van der Waals surface area contributed by atoms with Crippen molar-refractivity contribution in [2.75, 3.05) is 24.4 Å². The number of nitrogens with two attached hydrogens (primary N) is 1. The molecule has 2 aromatic rings. The number of ether oxygens (including phenoxy) is 1. The molecule has 146 valence electrons. The smallest absolute Gasteiger partial charge is 0.279 e. The van der Waals surface area contributed by atoms with E-state index in [1.54, 1.807) is 25.2 Å². The first-order chi connectivity index (χ1) is 13.2. The highest BCUT2D eigenvalue weighted by Gasteiger charge is 2.32. The Morgan fingerprint density at radius 3 is 2.50 bits per heavy atom. The molecular formula is C17H17N5O4S2. The van der Waals surface area contributed by atoms with E-state index in [-0.39, 0.29) is 21.6 Å². The molecule has 0 radical (unpaired) electrons. The largest absolute Gasteiger partial charge is 0.497 e. The molecule has 3 rings (SSSR count). The number of methoxy groups -OCH3 is 1. The minimum Gasteiger partial charge on any atom is -0.497 e. The van der Waals surface area contributed by atoms with Gasteiger partial charge in [-0.05, 0) is 54.7 Å². The molecule has 0 spiro atoms. The van der Waals surface area contributed by atoms with Crippen LogP contribution >= 0.6 is 12.2 Å². The van der Waals surface area contributed by atoms with Crippen molar-refractivity contribution in [1.29, 1.82) is 0 Å². The van der Waals surface area contributed by atoms with Crippen LogP contribution in [0.15, 0.2) is 52.5 Å². The lowest BCUT2D eigenvalue weighted by Crippen LogP contribution is -2.30. The summed E-state index contributed by atoms with van der Waals surface area (Å²) in [5, 5.41) is 12.2. The fraction of sp³-hybridized carbons (Fsp3) is 0.118. The average molecular weight is 419 g/mol. The Bertz CT molecular complexity index is 1080. The zero-order chi connectivity index (χ0) is 20.5. The van der Waals surface area contributed by atoms with Crippen LogP contribution in [0.3, 0.4) is 0 Å². The van der Waals surface area contributed by atoms with Gasteiger partial charge >= 0.3 is 0 Å². The number of fused-ring (bicyclic) bond motifs is 1. The number of thiocarbonyl (C=S) groups is 1. The van der Waals surface area contributed by atoms with E-state index >= 15 is 0 Å². The van der Waals surface area contributed by atoms with Crippen molar-refractivity contribution in [3.63, 3.8) is 0 Å². The summed E-state index contributed by atoms with van der Waals surface area (Å²) in [5.74, 6) is 0.321. The van der Waals surface area contributed by atoms with E-state index in [1.165, 1.54) is 36.3 Å². The molecule has 0 fully saturated rings. The number of primary sulfonamides is 1. The van der Waals surface area contributed by atoms with Crippen molar-refractivity contribution in [2.45, 2.75) is 4.90 Å². The van der Waals surface area contributed by atoms with Gasteiger partial charge in [0, 0.05) is 18.3 Å². The van der Waals surface area contributed by atoms with Crippen molar-refractivity contribution in [3.05, 3.63) is 48.0 Å². The van der Waals surface area contributed by atoms with Crippen LogP contribution in [0.25, 0.3) is 0 Å². The Hall–Kier alpha value is -3.02. The number of rotatable bonds is 4. The number of nitrogens with zero attached hydrogens (tertiary/aromatic N) is 2. The molecule has 1 aliphatic heterocycles. The molecule has 0 saturated carbocycles. The van der Waals surface area contributed by atoms with Gasteiger partial charge in [0.1, 0.15) is 5.75 Å². The van der Waals surface area contributed by atoms with Crippen LogP contribution in [0, 0.1) is 0 Å². The Kier molecular flexibility index (Phi) is 5.31. The highest BCUT2D eigenvalue weighted by atomic mass is 32.2. The normalized spacial score (nSPS) is 14.8. The zero-order valence-corrected chi connectivity index (χ0v) is 16.6. The molecule has 0 bridgehead atoms. The highest BCUT2D eigenvalue weighted by molar-refractivity contribution is 7.89. The molecule has 1 aliphatic rings. The van der Waals surface area contributed by atoms with Gasteiger partial charge in [-0.2, -0.15) is 5.10 Å². The van der Waals surface area contributed by atoms with E-state index in [0.29, 0.717) is 22.7 Å². The van der Waals surface area contributed by atoms with Gasteiger partial charge in [-0.25, -0.2) is 13.6 Å². The molecule has 0 atom stereocenters. The molecule has 4 N–H and O–H groups in total. The Morgan fingerprint density at radius 2 is 1.89 bits per heavy atom. The summed E-state index contributed by atoms with van der Waals surface area (Å²) in [6.45, 7) is 0. The Morgan fingerprint density at radius 1 is 1.21 bits per heavy atom. The van der Waals surface area contributed by atoms with Gasteiger partial charge in [0.25, 0.3) is 5.91 Å². The van der Waals surface area contributed by atoms with Gasteiger partial charge < -0.3 is 15.0 Å². The number of amides is 1. The van der Waals surface area contributed by atoms with Crippen LogP contribution in [0.4, 0.5) is 11.4 Å². The van der Waals surface area contributed by atoms with Crippen molar-refractivity contribution >= 4 is 50.3 Å². The summed E-state index contributed by atoms with van der Waals surface area (Å²) < 4.78 is 27.8. The third kappa shape index (κ3) is 3.96. The van der Waals surface area contributed by atoms with Crippen LogP contribution in [0.1, 0.15) is 5.56 Å². The lowest BCUT2D eigenvalue weighted by molar-refractivity contribution is -0.111. The average Bonchev–Trinajstić information content (AvgIpc) is 2.89. The summed E-state index contributed by atoms with van der Waals surface area (Å²) in [6, 6.07) is 11.0. The Balaban J connectivity index is 1.75. The molecule has 11 heteroatoms. The Labute approximate surface area is 167 Å². The molecule has 28 heavy (non-hydrogen) atoms. The number of anilines is 2. The van der Waals surface area contributed by atoms with Crippen LogP contribution in [-0.2, 0) is 14.8 Å². The number of hydrazone groups is 1. The number of sulfonamides is 1. The van der Waals surface area contributed by atoms with Gasteiger partial charge in [-0.3, -0.25) is 10.2 Å². The maximum absolute atomic E-state index is 12.4. The second kappa shape index (κ2) is 7.54. The third-order valence-corrected chi connectivity index (χ3v) is 5.16. The van der Waals surface area contributed by atoms with E-state index in [9.17, 15) is 13.2 Å². The minimum absolute atomic E-state index is 0.0117. The first-order valence-corrected chi connectivity index (χ1v) is 9.90. The molecular weight excluding hydrogens is 402 g/mol. The fourth-order valence-corrected chi connectivity index (χ4v) is 3.29. The van der Waals surface area contributed by atoms with Crippen LogP contribution in [0.2, 0.25) is 0 Å². The summed E-state index contributed by atoms with van der Waals surface area (Å²) >= 11 is 5.17. The number of likely N-dealkylation sites (N-methyl/N-ethyl adjacent to an activating group) is 1. The fourth-order valence-electron chi connectivity index (χ4n) is 2.61. The predicted molar refractivity (Wildman–Crippen MR) is 110 cm³/mol. The van der Waals surface area contributed by atoms with Crippen LogP contribution in [0.5, 0.6) is 5.75 Å². The van der Waals surface area contributed by atoms with E-state index in [4.69, 9.17) is 22.1 Å². The molecule has 0 aliphatic carbocycles. The quantitative estimate of drug-likeness (QED) is 0.499. The number of nitrogens with one attached hydrogen (secondary N) is 2. The summed E-state index contributed by atoms with van der Waals surface area (Å²) in [6.07, 6.45) is 0. The van der Waals surface area contributed by atoms with Crippen LogP contribution in [-0.4, -0.2) is 39.3 Å². The third-order valence-electron chi connectivity index (χ3n) is 4.04. The maximum atomic E-state index is 12.4. The van der Waals surface area contributed by atoms with Gasteiger partial charge in [-0.15, -0.1) is 0 Å². The SMILES string of the molecule is COc1ccc2c(c1)C(=NNC(=S)Nc1ccc(S(N)(=O)=O)cc1)C(=O)N2C. The highest BCUT2D eigenvalue weighted by Crippen LogP contribution is 2.31. The molecule has 0 aromatic heterocycles. The number of hydrogen-bond donors (Lipinski definition) is 3. The number of carbonyl (C=O) groups is 1. The first-order valence-electron chi connectivity index (χ1n) is 7.94. The van der Waals surface area contributed by atoms with Gasteiger partial charge in [0.2, 0.25) is 10.0 Å². The van der Waals surface area contributed by atoms with Crippen molar-refractivity contribution in [2.24, 2.45) is 10.2 Å².